The second kappa shape index (κ2) is 25.5. The molecule has 15 nitrogen and oxygen atoms in total. The van der Waals surface area contributed by atoms with Gasteiger partial charge in [0.2, 0.25) is 11.7 Å². The van der Waals surface area contributed by atoms with Gasteiger partial charge >= 0.3 is 11.9 Å². The summed E-state index contributed by atoms with van der Waals surface area (Å²) in [6, 6.07) is 5.29. The van der Waals surface area contributed by atoms with Crippen LogP contribution in [0, 0.1) is 47.3 Å². The highest BCUT2D eigenvalue weighted by atomic mass is 35.5. The monoisotopic (exact) mass is 1120 g/mol. The Hall–Kier alpha value is -2.96. The lowest BCUT2D eigenvalue weighted by atomic mass is 9.72. The molecule has 0 saturated carbocycles. The van der Waals surface area contributed by atoms with E-state index in [9.17, 15) is 29.4 Å². The number of methoxy groups -OCH3 is 1. The largest absolute Gasteiger partial charge is 0.469 e. The maximum atomic E-state index is 14.9. The van der Waals surface area contributed by atoms with Crippen molar-refractivity contribution in [2.75, 3.05) is 39.8 Å². The van der Waals surface area contributed by atoms with E-state index in [0.29, 0.717) is 101 Å². The Labute approximate surface area is 468 Å². The number of hydrogen-bond acceptors (Lipinski definition) is 14. The van der Waals surface area contributed by atoms with Gasteiger partial charge in [-0.1, -0.05) is 96.8 Å². The van der Waals surface area contributed by atoms with Crippen molar-refractivity contribution in [1.29, 1.82) is 0 Å². The predicted molar refractivity (Wildman–Crippen MR) is 295 cm³/mol. The smallest absolute Gasteiger partial charge is 0.313 e. The number of carbonyl (C=O) groups is 4. The van der Waals surface area contributed by atoms with Gasteiger partial charge < -0.3 is 48.3 Å². The third-order valence-corrected chi connectivity index (χ3v) is 19.6. The first-order valence-corrected chi connectivity index (χ1v) is 29.5. The first-order chi connectivity index (χ1) is 36.4. The van der Waals surface area contributed by atoms with Crippen LogP contribution in [0.15, 0.2) is 36.4 Å². The number of amides is 1. The van der Waals surface area contributed by atoms with E-state index in [-0.39, 0.29) is 53.5 Å². The summed E-state index contributed by atoms with van der Waals surface area (Å²) < 4.78 is 45.8. The molecule has 1 aromatic carbocycles. The van der Waals surface area contributed by atoms with Gasteiger partial charge in [-0.15, -0.1) is 0 Å². The molecule has 0 aromatic heterocycles. The summed E-state index contributed by atoms with van der Waals surface area (Å²) in [5.74, 6) is -6.37. The van der Waals surface area contributed by atoms with E-state index < -0.39 is 82.9 Å². The number of carbonyl (C=O) groups excluding carboxylic acids is 4. The zero-order chi connectivity index (χ0) is 56.4. The van der Waals surface area contributed by atoms with E-state index in [1.807, 2.05) is 76.8 Å². The van der Waals surface area contributed by atoms with Crippen LogP contribution in [0.4, 0.5) is 0 Å². The fourth-order valence-corrected chi connectivity index (χ4v) is 14.0. The Morgan fingerprint density at radius 2 is 1.58 bits per heavy atom. The minimum atomic E-state index is -1.40. The average molecular weight is 1120 g/mol. The Morgan fingerprint density at radius 1 is 0.883 bits per heavy atom. The summed E-state index contributed by atoms with van der Waals surface area (Å²) in [6.07, 6.45) is 9.30. The van der Waals surface area contributed by atoms with E-state index >= 15 is 0 Å². The number of esters is 2. The van der Waals surface area contributed by atoms with E-state index in [4.69, 9.17) is 56.4 Å². The predicted octanol–water partition coefficient (Wildman–Crippen LogP) is 9.63. The number of rotatable bonds is 18. The molecule has 6 aliphatic rings. The van der Waals surface area contributed by atoms with Crippen LogP contribution in [0.3, 0.4) is 0 Å². The maximum absolute atomic E-state index is 14.9. The summed E-state index contributed by atoms with van der Waals surface area (Å²) in [6.45, 7) is 23.9. The third-order valence-electron chi connectivity index (χ3n) is 18.8. The highest BCUT2D eigenvalue weighted by molar-refractivity contribution is 6.42. The number of piperazine rings is 1. The molecule has 2 spiro atoms. The van der Waals surface area contributed by atoms with Crippen molar-refractivity contribution >= 4 is 52.9 Å². The minimum absolute atomic E-state index is 0.0382. The molecule has 0 aliphatic carbocycles. The average Bonchev–Trinajstić information content (AvgIpc) is 3.78. The van der Waals surface area contributed by atoms with Crippen molar-refractivity contribution in [2.24, 2.45) is 47.3 Å². The molecule has 7 rings (SSSR count). The van der Waals surface area contributed by atoms with Gasteiger partial charge in [-0.2, -0.15) is 0 Å². The lowest BCUT2D eigenvalue weighted by Gasteiger charge is -2.54. The van der Waals surface area contributed by atoms with E-state index in [2.05, 4.69) is 25.7 Å². The maximum Gasteiger partial charge on any atom is 0.313 e. The summed E-state index contributed by atoms with van der Waals surface area (Å²) in [5, 5.41) is 24.3. The molecule has 1 amide bonds. The van der Waals surface area contributed by atoms with Crippen LogP contribution < -0.4 is 0 Å². The van der Waals surface area contributed by atoms with Gasteiger partial charge in [-0.05, 0) is 113 Å². The van der Waals surface area contributed by atoms with Crippen molar-refractivity contribution in [3.8, 4) is 0 Å². The number of hydrogen-bond donors (Lipinski definition) is 2. The van der Waals surface area contributed by atoms with E-state index in [1.54, 1.807) is 19.1 Å². The number of halogens is 2. The summed E-state index contributed by atoms with van der Waals surface area (Å²) in [7, 11) is 1.38. The van der Waals surface area contributed by atoms with E-state index in [0.717, 1.165) is 12.0 Å². The molecule has 6 heterocycles. The summed E-state index contributed by atoms with van der Waals surface area (Å²) in [4.78, 5) is 58.8. The van der Waals surface area contributed by atoms with E-state index in [1.165, 1.54) is 14.0 Å². The molecule has 1 aromatic rings. The van der Waals surface area contributed by atoms with Gasteiger partial charge in [-0.3, -0.25) is 24.1 Å². The summed E-state index contributed by atoms with van der Waals surface area (Å²) >= 11 is 12.3. The zero-order valence-corrected chi connectivity index (χ0v) is 49.4. The van der Waals surface area contributed by atoms with Crippen molar-refractivity contribution < 1.29 is 62.5 Å². The first kappa shape index (κ1) is 61.7. The second-order valence-corrected chi connectivity index (χ2v) is 24.8. The lowest BCUT2D eigenvalue weighted by Crippen LogP contribution is -2.63. The van der Waals surface area contributed by atoms with Gasteiger partial charge in [0.25, 0.3) is 0 Å². The molecule has 0 radical (unpaired) electrons. The molecule has 0 bridgehead atoms. The zero-order valence-electron chi connectivity index (χ0n) is 47.8. The molecule has 6 aliphatic heterocycles. The molecular weight excluding hydrogens is 1030 g/mol. The molecular formula is C60H90Cl2N2O13. The molecule has 2 unspecified atom stereocenters. The lowest BCUT2D eigenvalue weighted by molar-refractivity contribution is -0.409. The Bertz CT molecular complexity index is 2290. The number of ketones is 1. The number of nitrogens with zero attached hydrogens (tertiary/aromatic N) is 2. The van der Waals surface area contributed by atoms with Crippen LogP contribution in [0.25, 0.3) is 6.08 Å². The Balaban J connectivity index is 0.986. The quantitative estimate of drug-likeness (QED) is 0.105. The number of benzene rings is 1. The number of aliphatic hydroxyl groups is 2. The highest BCUT2D eigenvalue weighted by Crippen LogP contribution is 2.55. The van der Waals surface area contributed by atoms with Crippen LogP contribution in [0.2, 0.25) is 10.0 Å². The molecule has 5 fully saturated rings. The fourth-order valence-electron chi connectivity index (χ4n) is 13.7. The molecule has 19 atom stereocenters. The number of aliphatic hydroxyl groups excluding tert-OH is 1. The van der Waals surface area contributed by atoms with Crippen LogP contribution in [-0.2, 0) is 52.3 Å². The Morgan fingerprint density at radius 3 is 2.21 bits per heavy atom. The van der Waals surface area contributed by atoms with Crippen LogP contribution in [-0.4, -0.2) is 149 Å². The Kier molecular flexibility index (Phi) is 20.4. The molecule has 432 valence electrons. The van der Waals surface area contributed by atoms with Crippen molar-refractivity contribution in [2.45, 2.75) is 206 Å². The molecule has 77 heavy (non-hydrogen) atoms. The molecule has 17 heteroatoms. The van der Waals surface area contributed by atoms with Gasteiger partial charge in [0, 0.05) is 69.7 Å². The van der Waals surface area contributed by atoms with Crippen molar-refractivity contribution in [3.63, 3.8) is 0 Å². The van der Waals surface area contributed by atoms with Gasteiger partial charge in [0.1, 0.15) is 5.78 Å². The van der Waals surface area contributed by atoms with Crippen LogP contribution in [0.5, 0.6) is 0 Å². The molecule has 2 N–H and O–H groups in total. The topological polar surface area (TPSA) is 180 Å². The number of Topliss-reactive ketones (excluding diaryl/α,β-unsaturated/α-hetero) is 1. The van der Waals surface area contributed by atoms with Crippen molar-refractivity contribution in [1.82, 2.24) is 9.80 Å². The van der Waals surface area contributed by atoms with Gasteiger partial charge in [0.05, 0.1) is 76.8 Å². The highest BCUT2D eigenvalue weighted by Gasteiger charge is 2.64. The fraction of sp³-hybridized carbons (Fsp3) is 0.767. The molecule has 5 saturated heterocycles. The number of ether oxygens (including phenoxy) is 7. The summed E-state index contributed by atoms with van der Waals surface area (Å²) in [5.41, 5.74) is -0.925. The normalized spacial score (nSPS) is 37.3. The first-order valence-electron chi connectivity index (χ1n) is 28.8. The van der Waals surface area contributed by atoms with Crippen molar-refractivity contribution in [3.05, 3.63) is 52.0 Å². The van der Waals surface area contributed by atoms with Gasteiger partial charge in [0.15, 0.2) is 11.9 Å². The van der Waals surface area contributed by atoms with Gasteiger partial charge in [-0.25, -0.2) is 0 Å². The van der Waals surface area contributed by atoms with Crippen LogP contribution >= 0.6 is 23.2 Å². The van der Waals surface area contributed by atoms with Crippen LogP contribution in [0.1, 0.15) is 146 Å². The third kappa shape index (κ3) is 13.2. The SMILES string of the molecule is CCC(C(=O)N1CCN(CC(/C=C\c2ccc(Cl)c(Cl)c2)C(=O)OC)CC1)[C@H]1CC[C@H](C)[C@H]([C@@H](C)[C@H](O)[C@H](C)C(=O)[C@H](CC)[C@H]2O[C@]3(C=C[C@@H](OC(C)=O)[C@]4(CC[C@@](C)([C@H]5CC[C@](O)(CC)[C@H](C)O5)O4)O3)[C@H](C)C[C@@H]2C)O1. The minimum Gasteiger partial charge on any atom is -0.469 e. The standard InChI is InChI=1S/C60H90Cl2N2O13/c1-13-44(55(68)64-30-28-63(29-31-64)34-43(56(69)71-12)19-17-42-18-20-46(61)47(62)33-42)48-21-16-35(4)53(74-48)39(8)51(66)38(7)52(67)45(14-2)54-36(5)32-37(6)59(75-54)25-23-50(73-41(10)65)60(77-59)27-26-57(11,76-60)49-22-24-58(70,15-3)40(9)72-49/h17-20,23,25,33,35-40,43-45,48-51,53-54,66,70H,13-16,21-22,24,26-32,34H2,1-12H3/b19-17-/t35-,36-,37+,38-,39-,40-,43?,44?,45-,48+,49+,50+,51+,53+,54-,57-,58+,59-,60-/m0/s1. The second-order valence-electron chi connectivity index (χ2n) is 24.0.